The van der Waals surface area contributed by atoms with Crippen LogP contribution in [0.15, 0.2) is 58.4 Å². The summed E-state index contributed by atoms with van der Waals surface area (Å²) in [6, 6.07) is 15.7. The van der Waals surface area contributed by atoms with E-state index in [9.17, 15) is 4.79 Å². The van der Waals surface area contributed by atoms with Crippen molar-refractivity contribution in [3.8, 4) is 0 Å². The van der Waals surface area contributed by atoms with E-state index in [1.54, 1.807) is 11.3 Å². The zero-order valence-electron chi connectivity index (χ0n) is 10.6. The number of hydrogen-bond acceptors (Lipinski definition) is 2. The molecule has 3 rings (SSSR count). The van der Waals surface area contributed by atoms with Gasteiger partial charge < -0.3 is 5.32 Å². The van der Waals surface area contributed by atoms with Gasteiger partial charge in [-0.25, -0.2) is 0 Å². The van der Waals surface area contributed by atoms with Crippen LogP contribution in [-0.4, -0.2) is 5.91 Å². The van der Waals surface area contributed by atoms with E-state index < -0.39 is 0 Å². The molecule has 0 radical (unpaired) electrons. The molecule has 0 atom stereocenters. The first-order valence-electron chi connectivity index (χ1n) is 6.23. The summed E-state index contributed by atoms with van der Waals surface area (Å²) in [6.07, 6.45) is 0. The van der Waals surface area contributed by atoms with Crippen molar-refractivity contribution in [2.24, 2.45) is 0 Å². The van der Waals surface area contributed by atoms with Gasteiger partial charge in [0.2, 0.25) is 0 Å². The molecule has 20 heavy (non-hydrogen) atoms. The lowest BCUT2D eigenvalue weighted by atomic mass is 10.0. The van der Waals surface area contributed by atoms with Gasteiger partial charge in [0, 0.05) is 14.9 Å². The van der Waals surface area contributed by atoms with Crippen molar-refractivity contribution in [1.29, 1.82) is 0 Å². The number of rotatable bonds is 3. The topological polar surface area (TPSA) is 29.1 Å². The monoisotopic (exact) mass is 345 g/mol. The third kappa shape index (κ3) is 2.62. The number of fused-ring (bicyclic) bond motifs is 1. The Morgan fingerprint density at radius 1 is 1.10 bits per heavy atom. The van der Waals surface area contributed by atoms with Crippen molar-refractivity contribution >= 4 is 43.9 Å². The second-order valence-corrected chi connectivity index (χ2v) is 6.26. The van der Waals surface area contributed by atoms with E-state index in [1.165, 1.54) is 0 Å². The van der Waals surface area contributed by atoms with Gasteiger partial charge in [0.25, 0.3) is 5.91 Å². The molecule has 0 aliphatic rings. The molecule has 0 unspecified atom stereocenters. The lowest BCUT2D eigenvalue weighted by molar-refractivity contribution is 0.0953. The van der Waals surface area contributed by atoms with E-state index in [2.05, 4.69) is 21.2 Å². The van der Waals surface area contributed by atoms with Crippen molar-refractivity contribution in [3.63, 3.8) is 0 Å². The first-order valence-corrected chi connectivity index (χ1v) is 7.91. The minimum Gasteiger partial charge on any atom is -0.347 e. The van der Waals surface area contributed by atoms with E-state index in [0.717, 1.165) is 25.7 Å². The lowest BCUT2D eigenvalue weighted by Gasteiger charge is -2.07. The number of amides is 1. The fourth-order valence-corrected chi connectivity index (χ4v) is 3.56. The number of thiophene rings is 1. The van der Waals surface area contributed by atoms with Crippen LogP contribution in [0.3, 0.4) is 0 Å². The SMILES string of the molecule is O=C(NCc1sccc1Br)c1cccc2ccccc12. The number of nitrogens with one attached hydrogen (secondary N) is 1. The van der Waals surface area contributed by atoms with E-state index in [1.807, 2.05) is 53.9 Å². The maximum absolute atomic E-state index is 12.3. The largest absolute Gasteiger partial charge is 0.347 e. The molecule has 0 bridgehead atoms. The number of hydrogen-bond donors (Lipinski definition) is 1. The van der Waals surface area contributed by atoms with Crippen LogP contribution in [0.25, 0.3) is 10.8 Å². The Morgan fingerprint density at radius 3 is 2.70 bits per heavy atom. The highest BCUT2D eigenvalue weighted by molar-refractivity contribution is 9.10. The Labute approximate surface area is 129 Å². The van der Waals surface area contributed by atoms with Gasteiger partial charge in [0.1, 0.15) is 0 Å². The third-order valence-electron chi connectivity index (χ3n) is 3.13. The van der Waals surface area contributed by atoms with E-state index in [0.29, 0.717) is 6.54 Å². The average molecular weight is 346 g/mol. The van der Waals surface area contributed by atoms with E-state index >= 15 is 0 Å². The molecule has 2 nitrogen and oxygen atoms in total. The van der Waals surface area contributed by atoms with Crippen molar-refractivity contribution in [2.75, 3.05) is 0 Å². The van der Waals surface area contributed by atoms with Gasteiger partial charge in [0.05, 0.1) is 6.54 Å². The second kappa shape index (κ2) is 5.77. The minimum absolute atomic E-state index is 0.0397. The molecule has 0 saturated carbocycles. The Morgan fingerprint density at radius 2 is 1.90 bits per heavy atom. The summed E-state index contributed by atoms with van der Waals surface area (Å²) in [5, 5.41) is 7.04. The molecular weight excluding hydrogens is 334 g/mol. The van der Waals surface area contributed by atoms with Gasteiger partial charge >= 0.3 is 0 Å². The van der Waals surface area contributed by atoms with Crippen LogP contribution in [0.4, 0.5) is 0 Å². The summed E-state index contributed by atoms with van der Waals surface area (Å²) in [5.41, 5.74) is 0.718. The van der Waals surface area contributed by atoms with E-state index in [4.69, 9.17) is 0 Å². The molecule has 0 aliphatic heterocycles. The Balaban J connectivity index is 1.84. The summed E-state index contributed by atoms with van der Waals surface area (Å²) >= 11 is 5.10. The van der Waals surface area contributed by atoms with Gasteiger partial charge in [-0.05, 0) is 44.2 Å². The Hall–Kier alpha value is -1.65. The minimum atomic E-state index is -0.0397. The van der Waals surface area contributed by atoms with Gasteiger partial charge in [-0.3, -0.25) is 4.79 Å². The van der Waals surface area contributed by atoms with Crippen LogP contribution >= 0.6 is 27.3 Å². The fourth-order valence-electron chi connectivity index (χ4n) is 2.13. The van der Waals surface area contributed by atoms with Crippen LogP contribution in [-0.2, 0) is 6.54 Å². The first kappa shape index (κ1) is 13.3. The summed E-state index contributed by atoms with van der Waals surface area (Å²) in [7, 11) is 0. The summed E-state index contributed by atoms with van der Waals surface area (Å²) in [6.45, 7) is 0.542. The average Bonchev–Trinajstić information content (AvgIpc) is 2.89. The van der Waals surface area contributed by atoms with Crippen molar-refractivity contribution < 1.29 is 4.79 Å². The molecule has 2 aromatic carbocycles. The molecule has 1 N–H and O–H groups in total. The lowest BCUT2D eigenvalue weighted by Crippen LogP contribution is -2.22. The fraction of sp³-hybridized carbons (Fsp3) is 0.0625. The van der Waals surface area contributed by atoms with E-state index in [-0.39, 0.29) is 5.91 Å². The van der Waals surface area contributed by atoms with Gasteiger partial charge in [-0.2, -0.15) is 0 Å². The summed E-state index contributed by atoms with van der Waals surface area (Å²) < 4.78 is 1.04. The highest BCUT2D eigenvalue weighted by Gasteiger charge is 2.10. The van der Waals surface area contributed by atoms with Crippen LogP contribution < -0.4 is 5.32 Å². The molecule has 1 aromatic heterocycles. The number of halogens is 1. The summed E-state index contributed by atoms with van der Waals surface area (Å²) in [4.78, 5) is 13.5. The number of carbonyl (C=O) groups excluding carboxylic acids is 1. The maximum Gasteiger partial charge on any atom is 0.252 e. The predicted octanol–water partition coefficient (Wildman–Crippen LogP) is 4.59. The highest BCUT2D eigenvalue weighted by Crippen LogP contribution is 2.23. The second-order valence-electron chi connectivity index (χ2n) is 4.40. The maximum atomic E-state index is 12.3. The molecular formula is C16H12BrNOS. The van der Waals surface area contributed by atoms with Gasteiger partial charge in [-0.1, -0.05) is 36.4 Å². The third-order valence-corrected chi connectivity index (χ3v) is 5.06. The first-order chi connectivity index (χ1) is 9.75. The van der Waals surface area contributed by atoms with Gasteiger partial charge in [-0.15, -0.1) is 11.3 Å². The van der Waals surface area contributed by atoms with Crippen molar-refractivity contribution in [1.82, 2.24) is 5.32 Å². The molecule has 100 valence electrons. The number of carbonyl (C=O) groups is 1. The van der Waals surface area contributed by atoms with Crippen molar-refractivity contribution in [2.45, 2.75) is 6.54 Å². The molecule has 4 heteroatoms. The van der Waals surface area contributed by atoms with Gasteiger partial charge in [0.15, 0.2) is 0 Å². The Bertz CT molecular complexity index is 761. The molecule has 1 amide bonds. The molecule has 0 aliphatic carbocycles. The molecule has 0 fully saturated rings. The van der Waals surface area contributed by atoms with Crippen LogP contribution in [0, 0.1) is 0 Å². The highest BCUT2D eigenvalue weighted by atomic mass is 79.9. The Kier molecular flexibility index (Phi) is 3.85. The smallest absolute Gasteiger partial charge is 0.252 e. The standard InChI is InChI=1S/C16H12BrNOS/c17-14-8-9-20-15(14)10-18-16(19)13-7-3-5-11-4-1-2-6-12(11)13/h1-9H,10H2,(H,18,19). The molecule has 0 saturated heterocycles. The van der Waals surface area contributed by atoms with Crippen LogP contribution in [0.1, 0.15) is 15.2 Å². The number of benzene rings is 2. The normalized spacial score (nSPS) is 10.7. The zero-order chi connectivity index (χ0) is 13.9. The molecule has 1 heterocycles. The van der Waals surface area contributed by atoms with Crippen LogP contribution in [0.5, 0.6) is 0 Å². The van der Waals surface area contributed by atoms with Crippen molar-refractivity contribution in [3.05, 3.63) is 68.8 Å². The molecule has 3 aromatic rings. The van der Waals surface area contributed by atoms with Crippen LogP contribution in [0.2, 0.25) is 0 Å². The predicted molar refractivity (Wildman–Crippen MR) is 87.1 cm³/mol. The summed E-state index contributed by atoms with van der Waals surface area (Å²) in [5.74, 6) is -0.0397. The quantitative estimate of drug-likeness (QED) is 0.738. The molecule has 0 spiro atoms. The zero-order valence-corrected chi connectivity index (χ0v) is 13.0.